The Labute approximate surface area is 188 Å². The lowest BCUT2D eigenvalue weighted by Crippen LogP contribution is -2.26. The van der Waals surface area contributed by atoms with E-state index in [-0.39, 0.29) is 29.2 Å². The van der Waals surface area contributed by atoms with Crippen molar-refractivity contribution >= 4 is 17.3 Å². The number of ketones is 2. The molecule has 1 fully saturated rings. The molecule has 2 aliphatic carbocycles. The summed E-state index contributed by atoms with van der Waals surface area (Å²) in [6.07, 6.45) is 4.36. The number of aliphatic hydroxyl groups is 1. The molecule has 0 amide bonds. The molecule has 2 aromatic rings. The van der Waals surface area contributed by atoms with Crippen molar-refractivity contribution in [1.82, 2.24) is 5.16 Å². The van der Waals surface area contributed by atoms with Gasteiger partial charge in [0.2, 0.25) is 0 Å². The van der Waals surface area contributed by atoms with Gasteiger partial charge in [-0.1, -0.05) is 49.3 Å². The molecular weight excluding hydrogens is 404 g/mol. The molecule has 1 heterocycles. The van der Waals surface area contributed by atoms with Crippen molar-refractivity contribution < 1.29 is 19.2 Å². The van der Waals surface area contributed by atoms with Gasteiger partial charge in [-0.2, -0.15) is 0 Å². The van der Waals surface area contributed by atoms with Crippen molar-refractivity contribution in [3.63, 3.8) is 0 Å². The van der Waals surface area contributed by atoms with Gasteiger partial charge in [-0.15, -0.1) is 0 Å². The van der Waals surface area contributed by atoms with Crippen LogP contribution in [0.5, 0.6) is 0 Å². The number of carbonyl (C=O) groups is 2. The van der Waals surface area contributed by atoms with Crippen LogP contribution in [0, 0.1) is 5.41 Å². The maximum Gasteiger partial charge on any atom is 0.168 e. The second kappa shape index (κ2) is 9.23. The third kappa shape index (κ3) is 4.90. The SMILES string of the molecule is CC1(C)CC(=O)c2c(CC/C(O)=C3/C(=O)CCCC3=NCCc3ccccc3)noc2C1. The van der Waals surface area contributed by atoms with Crippen molar-refractivity contribution in [1.29, 1.82) is 0 Å². The number of nitrogens with zero attached hydrogens (tertiary/aromatic N) is 2. The van der Waals surface area contributed by atoms with Gasteiger partial charge in [0.1, 0.15) is 11.5 Å². The van der Waals surface area contributed by atoms with Crippen LogP contribution in [0.4, 0.5) is 0 Å². The maximum atomic E-state index is 12.6. The summed E-state index contributed by atoms with van der Waals surface area (Å²) in [4.78, 5) is 29.9. The number of benzene rings is 1. The molecule has 1 saturated carbocycles. The molecule has 168 valence electrons. The Morgan fingerprint density at radius 3 is 2.66 bits per heavy atom. The molecule has 0 radical (unpaired) electrons. The lowest BCUT2D eigenvalue weighted by Gasteiger charge is -2.26. The van der Waals surface area contributed by atoms with E-state index in [1.54, 1.807) is 0 Å². The minimum Gasteiger partial charge on any atom is -0.511 e. The highest BCUT2D eigenvalue weighted by Gasteiger charge is 2.36. The van der Waals surface area contributed by atoms with E-state index < -0.39 is 0 Å². The van der Waals surface area contributed by atoms with Crippen molar-refractivity contribution in [2.24, 2.45) is 10.4 Å². The minimum atomic E-state index is -0.134. The summed E-state index contributed by atoms with van der Waals surface area (Å²) in [5.74, 6) is 0.641. The van der Waals surface area contributed by atoms with E-state index in [1.165, 1.54) is 5.56 Å². The topological polar surface area (TPSA) is 92.8 Å². The van der Waals surface area contributed by atoms with Gasteiger partial charge in [-0.25, -0.2) is 0 Å². The number of aryl methyl sites for hydroxylation is 1. The number of aliphatic imine (C=N–C) groups is 1. The molecule has 1 aromatic carbocycles. The van der Waals surface area contributed by atoms with Crippen molar-refractivity contribution in [2.45, 2.75) is 65.2 Å². The highest BCUT2D eigenvalue weighted by Crippen LogP contribution is 2.36. The first-order chi connectivity index (χ1) is 15.3. The van der Waals surface area contributed by atoms with Gasteiger partial charge in [-0.05, 0) is 30.2 Å². The first-order valence-electron chi connectivity index (χ1n) is 11.4. The summed E-state index contributed by atoms with van der Waals surface area (Å²) in [6.45, 7) is 4.66. The van der Waals surface area contributed by atoms with Gasteiger partial charge in [0.25, 0.3) is 0 Å². The molecule has 0 spiro atoms. The Morgan fingerprint density at radius 1 is 1.09 bits per heavy atom. The lowest BCUT2D eigenvalue weighted by atomic mass is 9.76. The molecule has 0 aliphatic heterocycles. The van der Waals surface area contributed by atoms with Crippen LogP contribution < -0.4 is 0 Å². The number of fused-ring (bicyclic) bond motifs is 1. The summed E-state index contributed by atoms with van der Waals surface area (Å²) in [7, 11) is 0. The van der Waals surface area contributed by atoms with E-state index in [0.717, 1.165) is 12.8 Å². The number of Topliss-reactive ketones (excluding diaryl/α,β-unsaturated/α-hetero) is 2. The van der Waals surface area contributed by atoms with E-state index in [0.29, 0.717) is 67.0 Å². The lowest BCUT2D eigenvalue weighted by molar-refractivity contribution is -0.115. The van der Waals surface area contributed by atoms with Crippen LogP contribution in [0.15, 0.2) is 51.2 Å². The zero-order valence-corrected chi connectivity index (χ0v) is 18.8. The number of aromatic nitrogens is 1. The predicted molar refractivity (Wildman–Crippen MR) is 122 cm³/mol. The maximum absolute atomic E-state index is 12.6. The smallest absolute Gasteiger partial charge is 0.168 e. The van der Waals surface area contributed by atoms with Crippen molar-refractivity contribution in [3.8, 4) is 0 Å². The van der Waals surface area contributed by atoms with E-state index >= 15 is 0 Å². The van der Waals surface area contributed by atoms with Crippen molar-refractivity contribution in [2.75, 3.05) is 6.54 Å². The average Bonchev–Trinajstić information content (AvgIpc) is 3.15. The Balaban J connectivity index is 1.49. The van der Waals surface area contributed by atoms with E-state index in [2.05, 4.69) is 22.3 Å². The zero-order valence-electron chi connectivity index (χ0n) is 18.8. The second-order valence-corrected chi connectivity index (χ2v) is 9.53. The highest BCUT2D eigenvalue weighted by atomic mass is 16.5. The van der Waals surface area contributed by atoms with Crippen LogP contribution in [0.25, 0.3) is 0 Å². The highest BCUT2D eigenvalue weighted by molar-refractivity contribution is 6.24. The number of carbonyl (C=O) groups excluding carboxylic acids is 2. The monoisotopic (exact) mass is 434 g/mol. The average molecular weight is 435 g/mol. The summed E-state index contributed by atoms with van der Waals surface area (Å²) >= 11 is 0. The van der Waals surface area contributed by atoms with Crippen LogP contribution in [0.1, 0.15) is 73.3 Å². The molecule has 4 rings (SSSR count). The van der Waals surface area contributed by atoms with Crippen LogP contribution in [0.3, 0.4) is 0 Å². The molecule has 1 N–H and O–H groups in total. The standard InChI is InChI=1S/C26H30N2O4/c1-26(2)15-22(31)25-19(28-32-23(25)16-26)11-12-21(30)24-18(9-6-10-20(24)29)27-14-13-17-7-4-3-5-8-17/h3-5,7-8,30H,6,9-16H2,1-2H3/b24-21-,27-18?. The van der Waals surface area contributed by atoms with Crippen LogP contribution in [-0.4, -0.2) is 34.1 Å². The first-order valence-corrected chi connectivity index (χ1v) is 11.4. The number of aliphatic hydroxyl groups excluding tert-OH is 1. The summed E-state index contributed by atoms with van der Waals surface area (Å²) in [6, 6.07) is 10.1. The molecule has 0 unspecified atom stereocenters. The molecule has 6 nitrogen and oxygen atoms in total. The minimum absolute atomic E-state index is 0.0356. The number of rotatable bonds is 6. The third-order valence-electron chi connectivity index (χ3n) is 6.21. The molecule has 6 heteroatoms. The largest absolute Gasteiger partial charge is 0.511 e. The number of allylic oxidation sites excluding steroid dienone is 2. The fourth-order valence-corrected chi connectivity index (χ4v) is 4.63. The van der Waals surface area contributed by atoms with Gasteiger partial charge in [0.05, 0.1) is 16.8 Å². The fraction of sp³-hybridized carbons (Fsp3) is 0.462. The quantitative estimate of drug-likeness (QED) is 0.509. The normalized spacial score (nSPS) is 21.0. The molecule has 0 bridgehead atoms. The Hall–Kier alpha value is -3.02. The Kier molecular flexibility index (Phi) is 6.40. The van der Waals surface area contributed by atoms with Gasteiger partial charge in [-0.3, -0.25) is 14.6 Å². The molecule has 0 atom stereocenters. The van der Waals surface area contributed by atoms with Gasteiger partial charge in [0, 0.05) is 44.4 Å². The van der Waals surface area contributed by atoms with Gasteiger partial charge < -0.3 is 9.63 Å². The Bertz CT molecular complexity index is 1080. The third-order valence-corrected chi connectivity index (χ3v) is 6.21. The fourth-order valence-electron chi connectivity index (χ4n) is 4.63. The first kappa shape index (κ1) is 22.2. The number of hydrogen-bond donors (Lipinski definition) is 1. The van der Waals surface area contributed by atoms with Crippen molar-refractivity contribution in [3.05, 3.63) is 64.2 Å². The number of hydrogen-bond acceptors (Lipinski definition) is 6. The summed E-state index contributed by atoms with van der Waals surface area (Å²) < 4.78 is 5.45. The van der Waals surface area contributed by atoms with E-state index in [4.69, 9.17) is 4.52 Å². The zero-order chi connectivity index (χ0) is 22.7. The Morgan fingerprint density at radius 2 is 1.88 bits per heavy atom. The second-order valence-electron chi connectivity index (χ2n) is 9.53. The summed E-state index contributed by atoms with van der Waals surface area (Å²) in [5, 5.41) is 14.9. The molecule has 32 heavy (non-hydrogen) atoms. The van der Waals surface area contributed by atoms with E-state index in [1.807, 2.05) is 32.0 Å². The van der Waals surface area contributed by atoms with Gasteiger partial charge in [0.15, 0.2) is 11.6 Å². The summed E-state index contributed by atoms with van der Waals surface area (Å²) in [5.41, 5.74) is 3.23. The molecule has 0 saturated heterocycles. The van der Waals surface area contributed by atoms with Crippen LogP contribution in [-0.2, 0) is 24.1 Å². The van der Waals surface area contributed by atoms with Crippen LogP contribution >= 0.6 is 0 Å². The molecular formula is C26H30N2O4. The molecule has 2 aliphatic rings. The molecule has 1 aromatic heterocycles. The van der Waals surface area contributed by atoms with Gasteiger partial charge >= 0.3 is 0 Å². The van der Waals surface area contributed by atoms with Crippen LogP contribution in [0.2, 0.25) is 0 Å². The van der Waals surface area contributed by atoms with E-state index in [9.17, 15) is 14.7 Å². The predicted octanol–water partition coefficient (Wildman–Crippen LogP) is 5.01.